The van der Waals surface area contributed by atoms with E-state index in [0.29, 0.717) is 0 Å². The van der Waals surface area contributed by atoms with Gasteiger partial charge in [0.05, 0.1) is 0 Å². The third kappa shape index (κ3) is 0.775. The highest BCUT2D eigenvalue weighted by Gasteiger charge is 2.50. The summed E-state index contributed by atoms with van der Waals surface area (Å²) in [6.07, 6.45) is 2.00. The van der Waals surface area contributed by atoms with Gasteiger partial charge in [-0.05, 0) is 19.9 Å². The fourth-order valence-corrected chi connectivity index (χ4v) is 1.33. The highest BCUT2D eigenvalue weighted by molar-refractivity contribution is 4.99. The minimum Gasteiger partial charge on any atom is -0.375 e. The Morgan fingerprint density at radius 2 is 1.89 bits per heavy atom. The normalized spacial score (nSPS) is 40.0. The lowest BCUT2D eigenvalue weighted by Crippen LogP contribution is -2.62. The molecular weight excluding hydrogens is 114 g/mol. The van der Waals surface area contributed by atoms with Crippen LogP contribution < -0.4 is 5.32 Å². The molecule has 54 valence electrons. The van der Waals surface area contributed by atoms with Crippen LogP contribution in [0.5, 0.6) is 0 Å². The van der Waals surface area contributed by atoms with Gasteiger partial charge in [-0.25, -0.2) is 0 Å². The minimum absolute atomic E-state index is 0.0712. The maximum atomic E-state index is 9.64. The van der Waals surface area contributed by atoms with Crippen molar-refractivity contribution in [2.45, 2.75) is 32.4 Å². The molecule has 0 aromatic rings. The summed E-state index contributed by atoms with van der Waals surface area (Å²) in [4.78, 5) is 0. The first-order valence-corrected chi connectivity index (χ1v) is 3.43. The van der Waals surface area contributed by atoms with Gasteiger partial charge in [0.25, 0.3) is 0 Å². The quantitative estimate of drug-likeness (QED) is 0.511. The Labute approximate surface area is 56.3 Å². The third-order valence-electron chi connectivity index (χ3n) is 2.64. The molecule has 0 aliphatic heterocycles. The van der Waals surface area contributed by atoms with E-state index in [1.165, 1.54) is 0 Å². The molecule has 1 fully saturated rings. The Kier molecular flexibility index (Phi) is 1.33. The Balaban J connectivity index is 2.62. The summed E-state index contributed by atoms with van der Waals surface area (Å²) in [6.45, 7) is 4.15. The van der Waals surface area contributed by atoms with E-state index in [1.807, 2.05) is 0 Å². The van der Waals surface area contributed by atoms with E-state index in [-0.39, 0.29) is 5.41 Å². The van der Waals surface area contributed by atoms with Gasteiger partial charge in [0, 0.05) is 5.41 Å². The van der Waals surface area contributed by atoms with Crippen molar-refractivity contribution in [3.05, 3.63) is 0 Å². The van der Waals surface area contributed by atoms with Crippen LogP contribution in [0.15, 0.2) is 0 Å². The molecule has 2 heteroatoms. The van der Waals surface area contributed by atoms with Crippen molar-refractivity contribution in [3.63, 3.8) is 0 Å². The minimum atomic E-state index is -0.590. The zero-order valence-electron chi connectivity index (χ0n) is 6.36. The van der Waals surface area contributed by atoms with Gasteiger partial charge in [-0.2, -0.15) is 0 Å². The van der Waals surface area contributed by atoms with E-state index < -0.39 is 5.72 Å². The summed E-state index contributed by atoms with van der Waals surface area (Å²) in [6, 6.07) is 0. The van der Waals surface area contributed by atoms with Crippen LogP contribution in [0.4, 0.5) is 0 Å². The molecule has 0 saturated heterocycles. The molecule has 0 amide bonds. The predicted molar refractivity (Wildman–Crippen MR) is 37.0 cm³/mol. The maximum Gasteiger partial charge on any atom is 0.120 e. The van der Waals surface area contributed by atoms with E-state index >= 15 is 0 Å². The second-order valence-corrected chi connectivity index (χ2v) is 3.49. The first kappa shape index (κ1) is 7.03. The SMILES string of the molecule is CNC1(O)CCC1(C)C. The van der Waals surface area contributed by atoms with Crippen molar-refractivity contribution >= 4 is 0 Å². The van der Waals surface area contributed by atoms with Crippen molar-refractivity contribution in [3.8, 4) is 0 Å². The molecule has 1 unspecified atom stereocenters. The van der Waals surface area contributed by atoms with Crippen LogP contribution in [-0.4, -0.2) is 17.9 Å². The van der Waals surface area contributed by atoms with Gasteiger partial charge >= 0.3 is 0 Å². The second kappa shape index (κ2) is 1.70. The lowest BCUT2D eigenvalue weighted by atomic mass is 9.64. The average Bonchev–Trinajstić information content (AvgIpc) is 1.84. The molecule has 1 aliphatic rings. The van der Waals surface area contributed by atoms with Crippen LogP contribution in [0.1, 0.15) is 26.7 Å². The average molecular weight is 129 g/mol. The Hall–Kier alpha value is -0.0800. The smallest absolute Gasteiger partial charge is 0.120 e. The number of aliphatic hydroxyl groups is 1. The molecule has 9 heavy (non-hydrogen) atoms. The fraction of sp³-hybridized carbons (Fsp3) is 1.00. The second-order valence-electron chi connectivity index (χ2n) is 3.49. The fourth-order valence-electron chi connectivity index (χ4n) is 1.33. The van der Waals surface area contributed by atoms with Crippen LogP contribution in [0, 0.1) is 5.41 Å². The van der Waals surface area contributed by atoms with Crippen molar-refractivity contribution in [2.24, 2.45) is 5.41 Å². The van der Waals surface area contributed by atoms with E-state index in [2.05, 4.69) is 19.2 Å². The predicted octanol–water partition coefficient (Wildman–Crippen LogP) is 0.714. The molecule has 1 atom stereocenters. The first-order valence-electron chi connectivity index (χ1n) is 3.43. The summed E-state index contributed by atoms with van der Waals surface area (Å²) >= 11 is 0. The summed E-state index contributed by atoms with van der Waals surface area (Å²) in [5.41, 5.74) is -0.519. The zero-order valence-corrected chi connectivity index (χ0v) is 6.36. The molecule has 1 saturated carbocycles. The molecule has 0 bridgehead atoms. The van der Waals surface area contributed by atoms with Gasteiger partial charge in [-0.15, -0.1) is 0 Å². The van der Waals surface area contributed by atoms with E-state index in [4.69, 9.17) is 0 Å². The Morgan fingerprint density at radius 1 is 1.33 bits per heavy atom. The van der Waals surface area contributed by atoms with Crippen molar-refractivity contribution in [2.75, 3.05) is 7.05 Å². The number of nitrogens with one attached hydrogen (secondary N) is 1. The number of rotatable bonds is 1. The molecule has 2 nitrogen and oxygen atoms in total. The van der Waals surface area contributed by atoms with Gasteiger partial charge in [-0.1, -0.05) is 13.8 Å². The van der Waals surface area contributed by atoms with Crippen molar-refractivity contribution < 1.29 is 5.11 Å². The van der Waals surface area contributed by atoms with Crippen LogP contribution in [0.25, 0.3) is 0 Å². The number of hydrogen-bond donors (Lipinski definition) is 2. The van der Waals surface area contributed by atoms with Crippen LogP contribution >= 0.6 is 0 Å². The maximum absolute atomic E-state index is 9.64. The van der Waals surface area contributed by atoms with Crippen LogP contribution in [0.3, 0.4) is 0 Å². The standard InChI is InChI=1S/C7H15NO/c1-6(2)4-5-7(6,9)8-3/h8-9H,4-5H2,1-3H3. The molecule has 0 heterocycles. The molecule has 0 aromatic carbocycles. The van der Waals surface area contributed by atoms with Gasteiger partial charge in [0.2, 0.25) is 0 Å². The summed E-state index contributed by atoms with van der Waals surface area (Å²) in [5, 5.41) is 12.6. The summed E-state index contributed by atoms with van der Waals surface area (Å²) < 4.78 is 0. The zero-order chi connectivity index (χ0) is 7.12. The molecule has 1 rings (SSSR count). The van der Waals surface area contributed by atoms with Gasteiger partial charge < -0.3 is 5.11 Å². The van der Waals surface area contributed by atoms with Gasteiger partial charge in [-0.3, -0.25) is 5.32 Å². The van der Waals surface area contributed by atoms with E-state index in [0.717, 1.165) is 12.8 Å². The summed E-state index contributed by atoms with van der Waals surface area (Å²) in [5.74, 6) is 0. The first-order chi connectivity index (χ1) is 4.02. The monoisotopic (exact) mass is 129 g/mol. The highest BCUT2D eigenvalue weighted by atomic mass is 16.3. The van der Waals surface area contributed by atoms with E-state index in [9.17, 15) is 5.11 Å². The van der Waals surface area contributed by atoms with Gasteiger partial charge in [0.15, 0.2) is 0 Å². The third-order valence-corrected chi connectivity index (χ3v) is 2.64. The van der Waals surface area contributed by atoms with Crippen molar-refractivity contribution in [1.82, 2.24) is 5.32 Å². The molecule has 2 N–H and O–H groups in total. The van der Waals surface area contributed by atoms with Crippen LogP contribution in [0.2, 0.25) is 0 Å². The summed E-state index contributed by atoms with van der Waals surface area (Å²) in [7, 11) is 1.81. The topological polar surface area (TPSA) is 32.3 Å². The Bertz CT molecular complexity index is 118. The van der Waals surface area contributed by atoms with Crippen molar-refractivity contribution in [1.29, 1.82) is 0 Å². The molecule has 1 aliphatic carbocycles. The van der Waals surface area contributed by atoms with Gasteiger partial charge in [0.1, 0.15) is 5.72 Å². The molecule has 0 aromatic heterocycles. The lowest BCUT2D eigenvalue weighted by molar-refractivity contribution is -0.167. The van der Waals surface area contributed by atoms with Crippen LogP contribution in [-0.2, 0) is 0 Å². The van der Waals surface area contributed by atoms with E-state index in [1.54, 1.807) is 7.05 Å². The molecular formula is C7H15NO. The number of hydrogen-bond acceptors (Lipinski definition) is 2. The molecule has 0 spiro atoms. The molecule has 0 radical (unpaired) electrons. The highest BCUT2D eigenvalue weighted by Crippen LogP contribution is 2.46. The lowest BCUT2D eigenvalue weighted by Gasteiger charge is -2.52. The largest absolute Gasteiger partial charge is 0.375 e. The Morgan fingerprint density at radius 3 is 1.89 bits per heavy atom.